The molecule has 0 fully saturated rings. The first-order valence-electron chi connectivity index (χ1n) is 23.9. The van der Waals surface area contributed by atoms with Crippen molar-refractivity contribution in [3.05, 3.63) is 106 Å². The van der Waals surface area contributed by atoms with Gasteiger partial charge in [-0.15, -0.1) is 0 Å². The van der Waals surface area contributed by atoms with Gasteiger partial charge in [0.15, 0.2) is 6.61 Å². The number of carbonyl (C=O) groups is 5. The molecule has 0 unspecified atom stereocenters. The van der Waals surface area contributed by atoms with Crippen LogP contribution in [0.15, 0.2) is 88.3 Å². The highest BCUT2D eigenvalue weighted by Crippen LogP contribution is 2.43. The van der Waals surface area contributed by atoms with Crippen molar-refractivity contribution in [3.63, 3.8) is 0 Å². The largest absolute Gasteiger partial charge is 0.508 e. The topological polar surface area (TPSA) is 247 Å². The number of aryl methyl sites for hydroxylation is 2. The van der Waals surface area contributed by atoms with E-state index in [1.807, 2.05) is 58.0 Å². The number of rotatable bonds is 31. The normalized spacial score (nSPS) is 11.5. The fraction of sp³-hybridized carbons (Fsp3) is 0.396. The quantitative estimate of drug-likeness (QED) is 0.0157. The molecular formula is C53H66N6O13. The smallest absolute Gasteiger partial charge is 0.339 e. The van der Waals surface area contributed by atoms with Crippen LogP contribution in [0.1, 0.15) is 40.9 Å². The van der Waals surface area contributed by atoms with E-state index in [0.29, 0.717) is 55.4 Å². The average Bonchev–Trinajstić information content (AvgIpc) is 3.36. The minimum Gasteiger partial charge on any atom is -0.508 e. The van der Waals surface area contributed by atoms with Crippen LogP contribution in [0.25, 0.3) is 39.5 Å². The third-order valence-electron chi connectivity index (χ3n) is 10.6. The summed E-state index contributed by atoms with van der Waals surface area (Å²) in [5.41, 5.74) is 6.95. The molecule has 6 N–H and O–H groups in total. The number of nitrogens with zero attached hydrogens (tertiary/aromatic N) is 1. The van der Waals surface area contributed by atoms with E-state index in [4.69, 9.17) is 32.8 Å². The Morgan fingerprint density at radius 1 is 0.639 bits per heavy atom. The molecule has 386 valence electrons. The van der Waals surface area contributed by atoms with E-state index in [1.54, 1.807) is 30.3 Å². The zero-order chi connectivity index (χ0) is 51.5. The zero-order valence-corrected chi connectivity index (χ0v) is 41.4. The molecule has 4 amide bonds. The first-order valence-corrected chi connectivity index (χ1v) is 23.9. The molecule has 1 heterocycles. The number of phenolic OH excluding ortho intramolecular Hbond substituents is 1. The van der Waals surface area contributed by atoms with Gasteiger partial charge in [-0.2, -0.15) is 0 Å². The van der Waals surface area contributed by atoms with Crippen molar-refractivity contribution >= 4 is 52.3 Å². The number of aromatic hydroxyl groups is 1. The number of hydrogen-bond donors (Lipinski definition) is 6. The molecule has 19 nitrogen and oxygen atoms in total. The maximum atomic E-state index is 13.6. The van der Waals surface area contributed by atoms with Gasteiger partial charge in [0, 0.05) is 79.7 Å². The van der Waals surface area contributed by atoms with Gasteiger partial charge in [0.2, 0.25) is 17.7 Å². The number of fused-ring (bicyclic) bond motifs is 2. The number of hydrogen-bond acceptors (Lipinski definition) is 15. The molecule has 2 aliphatic rings. The molecule has 0 aromatic heterocycles. The summed E-state index contributed by atoms with van der Waals surface area (Å²) in [6.07, 6.45) is 3.04. The maximum Gasteiger partial charge on any atom is 0.339 e. The molecule has 0 saturated carbocycles. The summed E-state index contributed by atoms with van der Waals surface area (Å²) in [6, 6.07) is 21.6. The molecule has 1 aliphatic carbocycles. The zero-order valence-electron chi connectivity index (χ0n) is 41.4. The Kier molecular flexibility index (Phi) is 23.7. The molecule has 1 aliphatic heterocycles. The number of nitrogens with one attached hydrogen (secondary N) is 5. The number of esters is 1. The van der Waals surface area contributed by atoms with E-state index >= 15 is 0 Å². The van der Waals surface area contributed by atoms with Gasteiger partial charge >= 0.3 is 5.97 Å². The highest BCUT2D eigenvalue weighted by molar-refractivity contribution is 6.08. The van der Waals surface area contributed by atoms with Crippen molar-refractivity contribution in [3.8, 4) is 28.2 Å². The van der Waals surface area contributed by atoms with Gasteiger partial charge < -0.3 is 64.5 Å². The van der Waals surface area contributed by atoms with Crippen LogP contribution in [0.2, 0.25) is 0 Å². The van der Waals surface area contributed by atoms with Crippen LogP contribution in [-0.2, 0) is 47.6 Å². The van der Waals surface area contributed by atoms with Gasteiger partial charge in [0.25, 0.3) is 5.91 Å². The molecule has 0 atom stereocenters. The highest BCUT2D eigenvalue weighted by atomic mass is 16.5. The summed E-state index contributed by atoms with van der Waals surface area (Å²) in [6.45, 7) is 11.4. The summed E-state index contributed by atoms with van der Waals surface area (Å²) in [5, 5.41) is 25.0. The minimum atomic E-state index is -0.646. The van der Waals surface area contributed by atoms with E-state index < -0.39 is 30.3 Å². The Bertz CT molecular complexity index is 2630. The van der Waals surface area contributed by atoms with Crippen molar-refractivity contribution in [1.29, 1.82) is 0 Å². The summed E-state index contributed by atoms with van der Waals surface area (Å²) in [5.74, 6) is -1.41. The third-order valence-corrected chi connectivity index (χ3v) is 10.6. The first-order chi connectivity index (χ1) is 35.0. The van der Waals surface area contributed by atoms with Crippen molar-refractivity contribution in [1.82, 2.24) is 21.3 Å². The molecule has 0 radical (unpaired) electrons. The Balaban J connectivity index is 0.881. The summed E-state index contributed by atoms with van der Waals surface area (Å²) >= 11 is 0. The minimum absolute atomic E-state index is 0.155. The molecule has 3 aromatic rings. The lowest BCUT2D eigenvalue weighted by Gasteiger charge is -2.19. The van der Waals surface area contributed by atoms with Crippen LogP contribution in [-0.4, -0.2) is 147 Å². The van der Waals surface area contributed by atoms with Crippen LogP contribution in [0.5, 0.6) is 5.75 Å². The lowest BCUT2D eigenvalue weighted by molar-refractivity contribution is -0.131. The lowest BCUT2D eigenvalue weighted by Crippen LogP contribution is -2.34. The fourth-order valence-electron chi connectivity index (χ4n) is 7.17. The van der Waals surface area contributed by atoms with Crippen LogP contribution >= 0.6 is 0 Å². The number of ether oxygens (including phenoxy) is 6. The molecule has 3 aromatic carbocycles. The van der Waals surface area contributed by atoms with Crippen LogP contribution in [0, 0.1) is 13.8 Å². The van der Waals surface area contributed by atoms with Crippen LogP contribution < -0.4 is 31.9 Å². The second-order valence-corrected chi connectivity index (χ2v) is 16.1. The molecular weight excluding hydrogens is 929 g/mol. The fourth-order valence-corrected chi connectivity index (χ4v) is 7.17. The Morgan fingerprint density at radius 3 is 1.82 bits per heavy atom. The summed E-state index contributed by atoms with van der Waals surface area (Å²) in [7, 11) is 0. The second kappa shape index (κ2) is 30.5. The van der Waals surface area contributed by atoms with E-state index in [9.17, 15) is 29.1 Å². The van der Waals surface area contributed by atoms with Crippen molar-refractivity contribution in [2.45, 2.75) is 27.7 Å². The summed E-state index contributed by atoms with van der Waals surface area (Å²) in [4.78, 5) is 66.8. The molecule has 19 heteroatoms. The number of anilines is 1. The Labute approximate surface area is 419 Å². The predicted octanol–water partition coefficient (Wildman–Crippen LogP) is 4.30. The standard InChI is InChI=1S/C53H66N6O13/c1-5-54-44-31-46-42(29-36(44)3)52(43-30-37(4)45(55-6-2)32-47(43)72-46)40-9-7-8-10-41(40)53(65)71-35-51(64)59-20-24-69-28-27-68-23-19-58-50(63)34-70-33-49(62)57-18-22-67-26-25-66-21-17-56-48(61)16-13-38-11-14-39(60)15-12-38/h7-16,29-32,54,60H,5-6,17-28,33-35H2,1-4H3,(H,56,61)(H,57,62)(H,58,63)(H,59,64)/b16-13+,55-45+. The number of carbonyl (C=O) groups excluding carboxylic acids is 5. The molecule has 0 spiro atoms. The number of phenols is 1. The van der Waals surface area contributed by atoms with Gasteiger partial charge in [-0.3, -0.25) is 24.2 Å². The number of amides is 4. The molecule has 0 saturated heterocycles. The molecule has 5 rings (SSSR count). The van der Waals surface area contributed by atoms with Crippen LogP contribution in [0.3, 0.4) is 0 Å². The Hall–Kier alpha value is -7.16. The van der Waals surface area contributed by atoms with Gasteiger partial charge in [-0.25, -0.2) is 4.79 Å². The van der Waals surface area contributed by atoms with Gasteiger partial charge in [-0.1, -0.05) is 30.3 Å². The van der Waals surface area contributed by atoms with E-state index in [-0.39, 0.29) is 77.5 Å². The lowest BCUT2D eigenvalue weighted by atomic mass is 9.89. The number of benzene rings is 4. The molecule has 72 heavy (non-hydrogen) atoms. The average molecular weight is 995 g/mol. The summed E-state index contributed by atoms with van der Waals surface area (Å²) < 4.78 is 39.0. The SMILES string of the molecule is CC/N=c1\cc2oc3cc(NCC)c(C)cc3c(-c3ccccc3C(=O)OCC(=O)NCCOCCOCCNC(=O)COCC(=O)NCCOCCOCCNC(=O)/C=C/c3ccc(O)cc3)c-2cc1C. The van der Waals surface area contributed by atoms with Crippen molar-refractivity contribution in [2.75, 3.05) is 117 Å². The highest BCUT2D eigenvalue weighted by Gasteiger charge is 2.24. The van der Waals surface area contributed by atoms with Crippen molar-refractivity contribution in [2.24, 2.45) is 4.99 Å². The third kappa shape index (κ3) is 18.5. The van der Waals surface area contributed by atoms with Gasteiger partial charge in [0.05, 0.1) is 63.8 Å². The maximum absolute atomic E-state index is 13.6. The van der Waals surface area contributed by atoms with Gasteiger partial charge in [-0.05, 0) is 86.4 Å². The van der Waals surface area contributed by atoms with Gasteiger partial charge in [0.1, 0.15) is 30.3 Å². The first kappa shape index (κ1) is 55.8. The molecule has 0 bridgehead atoms. The van der Waals surface area contributed by atoms with E-state index in [0.717, 1.165) is 50.8 Å². The predicted molar refractivity (Wildman–Crippen MR) is 272 cm³/mol. The Morgan fingerprint density at radius 2 is 1.22 bits per heavy atom. The van der Waals surface area contributed by atoms with E-state index in [2.05, 4.69) is 37.6 Å². The van der Waals surface area contributed by atoms with Crippen LogP contribution in [0.4, 0.5) is 5.69 Å². The monoisotopic (exact) mass is 994 g/mol. The second-order valence-electron chi connectivity index (χ2n) is 16.1. The van der Waals surface area contributed by atoms with Crippen molar-refractivity contribution < 1.29 is 61.9 Å². The van der Waals surface area contributed by atoms with E-state index in [1.165, 1.54) is 18.2 Å².